The summed E-state index contributed by atoms with van der Waals surface area (Å²) < 4.78 is 0. The minimum absolute atomic E-state index is 0.0185. The predicted octanol–water partition coefficient (Wildman–Crippen LogP) is 12.9. The maximum Gasteiger partial charge on any atom is 0.102 e. The molecule has 13 aliphatic carbocycles. The molecule has 62 heavy (non-hydrogen) atoms. The molecule has 0 spiro atoms. The lowest BCUT2D eigenvalue weighted by atomic mass is 9.42. The second-order valence-corrected chi connectivity index (χ2v) is 20.1. The van der Waals surface area contributed by atoms with Crippen LogP contribution >= 0.6 is 0 Å². The number of allylic oxidation sites excluding steroid dienone is 18. The van der Waals surface area contributed by atoms with Gasteiger partial charge in [0.2, 0.25) is 0 Å². The highest BCUT2D eigenvalue weighted by atomic mass is 14.9. The molecule has 1 saturated carbocycles. The summed E-state index contributed by atoms with van der Waals surface area (Å²) in [4.78, 5) is 17.3. The molecular weight excluding hydrogens is 751 g/mol. The van der Waals surface area contributed by atoms with Gasteiger partial charge in [-0.25, -0.2) is 0 Å². The summed E-state index contributed by atoms with van der Waals surface area (Å²) in [5.74, 6) is 2.66. The number of dihydropyridines is 2. The molecular formula is C59H53N3. The van der Waals surface area contributed by atoms with Crippen LogP contribution in [0.4, 0.5) is 0 Å². The van der Waals surface area contributed by atoms with Gasteiger partial charge in [-0.2, -0.15) is 0 Å². The number of fused-ring (bicyclic) bond motifs is 8. The molecule has 3 heteroatoms. The van der Waals surface area contributed by atoms with Gasteiger partial charge in [-0.05, 0) is 150 Å². The van der Waals surface area contributed by atoms with E-state index in [1.54, 1.807) is 0 Å². The second-order valence-electron chi connectivity index (χ2n) is 20.1. The Morgan fingerprint density at radius 2 is 1.35 bits per heavy atom. The van der Waals surface area contributed by atoms with Crippen molar-refractivity contribution in [1.29, 1.82) is 0 Å². The molecule has 3 nitrogen and oxygen atoms in total. The second kappa shape index (κ2) is 13.4. The minimum atomic E-state index is -0.271. The lowest BCUT2D eigenvalue weighted by molar-refractivity contribution is 0.100. The molecule has 3 heterocycles. The number of hydrogen-bond acceptors (Lipinski definition) is 3. The molecule has 3 aliphatic heterocycles. The van der Waals surface area contributed by atoms with Gasteiger partial charge in [-0.1, -0.05) is 146 Å². The SMILES string of the molecule is C1=CCCC(C2=NC3=C(C=CC4C=CC(C56C=CC7C(C=CC8C[C@]5(c5ccc(C9=NC%10C%11=C(CCC=C%11)c%11ccccc%11C%10C%10=C9CCC=C%10)cc5)C=CC87)C6)=NC34)CC2)=C1. The first-order chi connectivity index (χ1) is 30.7. The summed E-state index contributed by atoms with van der Waals surface area (Å²) in [7, 11) is 0. The molecule has 2 aromatic carbocycles. The highest BCUT2D eigenvalue weighted by Crippen LogP contribution is 2.65. The van der Waals surface area contributed by atoms with Gasteiger partial charge < -0.3 is 0 Å². The first kappa shape index (κ1) is 35.9. The highest BCUT2D eigenvalue weighted by Gasteiger charge is 2.61. The van der Waals surface area contributed by atoms with Crippen LogP contribution < -0.4 is 0 Å². The van der Waals surface area contributed by atoms with E-state index in [4.69, 9.17) is 15.0 Å². The Morgan fingerprint density at radius 3 is 2.19 bits per heavy atom. The van der Waals surface area contributed by atoms with Crippen LogP contribution in [-0.4, -0.2) is 29.2 Å². The van der Waals surface area contributed by atoms with Crippen molar-refractivity contribution in [2.45, 2.75) is 87.6 Å². The molecule has 0 saturated heterocycles. The largest absolute Gasteiger partial charge is 0.278 e. The maximum atomic E-state index is 5.95. The fraction of sp³-hybridized carbons (Fsp3) is 0.339. The van der Waals surface area contributed by atoms with E-state index in [1.165, 1.54) is 78.5 Å². The minimum Gasteiger partial charge on any atom is -0.278 e. The zero-order valence-electron chi connectivity index (χ0n) is 35.5. The summed E-state index contributed by atoms with van der Waals surface area (Å²) in [6, 6.07) is 19.2. The molecule has 9 unspecified atom stereocenters. The first-order valence-corrected chi connectivity index (χ1v) is 23.9. The summed E-state index contributed by atoms with van der Waals surface area (Å²) in [6.07, 6.45) is 52.6. The van der Waals surface area contributed by atoms with Crippen molar-refractivity contribution in [3.8, 4) is 0 Å². The van der Waals surface area contributed by atoms with Crippen LogP contribution in [0.25, 0.3) is 5.57 Å². The Balaban J connectivity index is 0.888. The molecule has 18 rings (SSSR count). The summed E-state index contributed by atoms with van der Waals surface area (Å²) >= 11 is 0. The van der Waals surface area contributed by atoms with Crippen LogP contribution in [0.15, 0.2) is 200 Å². The third-order valence-corrected chi connectivity index (χ3v) is 17.4. The molecule has 2 aromatic rings. The van der Waals surface area contributed by atoms with Gasteiger partial charge in [0.05, 0.1) is 17.5 Å². The van der Waals surface area contributed by atoms with Crippen LogP contribution in [0.1, 0.15) is 92.4 Å². The Bertz CT molecular complexity index is 2850. The topological polar surface area (TPSA) is 37.1 Å². The van der Waals surface area contributed by atoms with Crippen LogP contribution in [0.5, 0.6) is 0 Å². The quantitative estimate of drug-likeness (QED) is 0.276. The Hall–Kier alpha value is -5.67. The zero-order chi connectivity index (χ0) is 40.6. The van der Waals surface area contributed by atoms with Gasteiger partial charge in [-0.3, -0.25) is 15.0 Å². The lowest BCUT2D eigenvalue weighted by Crippen LogP contribution is -2.58. The fourth-order valence-corrected chi connectivity index (χ4v) is 14.4. The number of hydrogen-bond donors (Lipinski definition) is 0. The lowest BCUT2D eigenvalue weighted by Gasteiger charge is -2.61. The molecule has 0 aromatic heterocycles. The van der Waals surface area contributed by atoms with Gasteiger partial charge in [0, 0.05) is 34.1 Å². The van der Waals surface area contributed by atoms with E-state index in [0.717, 1.165) is 64.2 Å². The number of nitrogens with zero attached hydrogens (tertiary/aromatic N) is 3. The molecule has 0 radical (unpaired) electrons. The fourth-order valence-electron chi connectivity index (χ4n) is 14.4. The van der Waals surface area contributed by atoms with Gasteiger partial charge in [-0.15, -0.1) is 0 Å². The Morgan fingerprint density at radius 1 is 0.597 bits per heavy atom. The molecule has 10 atom stereocenters. The molecule has 304 valence electrons. The van der Waals surface area contributed by atoms with Crippen molar-refractivity contribution >= 4 is 22.7 Å². The zero-order valence-corrected chi connectivity index (χ0v) is 35.5. The number of rotatable bonds is 4. The predicted molar refractivity (Wildman–Crippen MR) is 255 cm³/mol. The summed E-state index contributed by atoms with van der Waals surface area (Å²) in [5.41, 5.74) is 18.7. The van der Waals surface area contributed by atoms with E-state index in [2.05, 4.69) is 152 Å². The van der Waals surface area contributed by atoms with Crippen molar-refractivity contribution in [2.24, 2.45) is 50.0 Å². The van der Waals surface area contributed by atoms with Gasteiger partial charge >= 0.3 is 0 Å². The van der Waals surface area contributed by atoms with Gasteiger partial charge in [0.25, 0.3) is 0 Å². The first-order valence-electron chi connectivity index (χ1n) is 23.9. The van der Waals surface area contributed by atoms with Crippen molar-refractivity contribution < 1.29 is 0 Å². The highest BCUT2D eigenvalue weighted by molar-refractivity contribution is 6.15. The van der Waals surface area contributed by atoms with Crippen molar-refractivity contribution in [3.05, 3.63) is 208 Å². The maximum absolute atomic E-state index is 5.95. The average Bonchev–Trinajstić information content (AvgIpc) is 3.34. The third-order valence-electron chi connectivity index (χ3n) is 17.4. The number of benzene rings is 2. The van der Waals surface area contributed by atoms with Gasteiger partial charge in [0.15, 0.2) is 0 Å². The standard InChI is InChI=1S/C59H53N3/c1-2-10-36(11-3-1)51-28-24-38-18-19-39-25-29-52(61-56(39)55(38)60-51)59-33-31-44-41(35-59)21-20-40-34-58(59,32-30-43(40)44)42-26-22-37(23-27-42)54-50-17-9-7-15-48(50)53-47-14-6-4-12-45(47)46-13-5-8-16-49(46)57(53)62-54/h1-2,4,6-8,10,12,14-16,18-23,25-27,29-33,39-41,43-44,53,56-57H,3,5,9,11,13,17,24,28,34-35H2/t39?,40?,41?,43?,44?,53?,56?,57?,58-,59?/m0/s1. The molecule has 6 bridgehead atoms. The van der Waals surface area contributed by atoms with Crippen molar-refractivity contribution in [1.82, 2.24) is 0 Å². The Labute approximate surface area is 366 Å². The van der Waals surface area contributed by atoms with Crippen molar-refractivity contribution in [3.63, 3.8) is 0 Å². The van der Waals surface area contributed by atoms with E-state index >= 15 is 0 Å². The van der Waals surface area contributed by atoms with Crippen molar-refractivity contribution in [2.75, 3.05) is 0 Å². The van der Waals surface area contributed by atoms with Gasteiger partial charge in [0.1, 0.15) is 6.04 Å². The summed E-state index contributed by atoms with van der Waals surface area (Å²) in [5, 5.41) is 0. The van der Waals surface area contributed by atoms with Crippen LogP contribution in [0.3, 0.4) is 0 Å². The average molecular weight is 804 g/mol. The number of aliphatic imine (C=N–C) groups is 3. The smallest absolute Gasteiger partial charge is 0.102 e. The molecule has 1 fully saturated rings. The van der Waals surface area contributed by atoms with E-state index in [0.29, 0.717) is 23.7 Å². The molecule has 16 aliphatic rings. The normalized spacial score (nSPS) is 37.2. The van der Waals surface area contributed by atoms with E-state index in [1.807, 2.05) is 0 Å². The Kier molecular flexibility index (Phi) is 7.76. The molecule has 0 amide bonds. The third kappa shape index (κ3) is 4.97. The van der Waals surface area contributed by atoms with E-state index in [-0.39, 0.29) is 34.7 Å². The summed E-state index contributed by atoms with van der Waals surface area (Å²) in [6.45, 7) is 0. The van der Waals surface area contributed by atoms with Crippen LogP contribution in [0, 0.1) is 35.0 Å². The van der Waals surface area contributed by atoms with Crippen LogP contribution in [0.2, 0.25) is 0 Å². The van der Waals surface area contributed by atoms with Crippen LogP contribution in [-0.2, 0) is 5.41 Å². The van der Waals surface area contributed by atoms with E-state index in [9.17, 15) is 0 Å². The monoisotopic (exact) mass is 803 g/mol. The van der Waals surface area contributed by atoms with E-state index < -0.39 is 0 Å². The molecule has 0 N–H and O–H groups in total.